The molecule has 0 saturated carbocycles. The van der Waals surface area contributed by atoms with Gasteiger partial charge in [-0.15, -0.1) is 0 Å². The fourth-order valence-electron chi connectivity index (χ4n) is 2.21. The molecule has 2 N–H and O–H groups in total. The summed E-state index contributed by atoms with van der Waals surface area (Å²) in [6.45, 7) is 2.00. The molecule has 150 valence electrons. The summed E-state index contributed by atoms with van der Waals surface area (Å²) >= 11 is 0. The van der Waals surface area contributed by atoms with Crippen LogP contribution in [-0.4, -0.2) is 27.1 Å². The van der Waals surface area contributed by atoms with Crippen molar-refractivity contribution in [3.63, 3.8) is 0 Å². The fraction of sp³-hybridized carbons (Fsp3) is 0.571. The molecule has 6 nitrogen and oxygen atoms in total. The van der Waals surface area contributed by atoms with Gasteiger partial charge in [-0.1, -0.05) is 39.0 Å². The van der Waals surface area contributed by atoms with Gasteiger partial charge in [0.25, 0.3) is 0 Å². The maximum atomic E-state index is 13.8. The summed E-state index contributed by atoms with van der Waals surface area (Å²) in [6, 6.07) is 0. The number of sulfonamides is 1. The van der Waals surface area contributed by atoms with Gasteiger partial charge >= 0.3 is 10.1 Å². The highest BCUT2D eigenvalue weighted by molar-refractivity contribution is 7.92. The molecule has 0 fully saturated rings. The van der Waals surface area contributed by atoms with Crippen molar-refractivity contribution in [2.75, 3.05) is 10.5 Å². The average molecular weight is 421 g/mol. The number of nitrogens with one attached hydrogen (secondary N) is 1. The molecule has 12 heteroatoms. The van der Waals surface area contributed by atoms with E-state index in [-0.39, 0.29) is 6.42 Å². The number of hydrogen-bond acceptors (Lipinski definition) is 4. The highest BCUT2D eigenvalue weighted by atomic mass is 32.2. The quantitative estimate of drug-likeness (QED) is 0.260. The van der Waals surface area contributed by atoms with Crippen molar-refractivity contribution < 1.29 is 39.0 Å². The van der Waals surface area contributed by atoms with E-state index in [0.29, 0.717) is 6.42 Å². The minimum atomic E-state index is -5.60. The third-order valence-electron chi connectivity index (χ3n) is 3.51. The normalized spacial score (nSPS) is 12.4. The Hall–Kier alpha value is -1.40. The molecular weight excluding hydrogens is 402 g/mol. The van der Waals surface area contributed by atoms with E-state index in [0.717, 1.165) is 25.7 Å². The summed E-state index contributed by atoms with van der Waals surface area (Å²) in [5.74, 6) is -9.94. The zero-order valence-electron chi connectivity index (χ0n) is 13.9. The van der Waals surface area contributed by atoms with Crippen LogP contribution >= 0.6 is 0 Å². The fourth-order valence-corrected chi connectivity index (χ4v) is 4.02. The SMILES string of the molecule is CCCCCCCCS(=O)(=O)Nc1c(F)c(F)c(S(=O)(=O)O)c(F)c1F. The Morgan fingerprint density at radius 3 is 1.73 bits per heavy atom. The van der Waals surface area contributed by atoms with E-state index < -0.39 is 59.7 Å². The second kappa shape index (κ2) is 9.00. The zero-order valence-corrected chi connectivity index (χ0v) is 15.5. The minimum absolute atomic E-state index is 0.163. The van der Waals surface area contributed by atoms with Gasteiger partial charge in [-0.3, -0.25) is 9.27 Å². The smallest absolute Gasteiger partial charge is 0.282 e. The molecule has 0 aliphatic heterocycles. The number of unbranched alkanes of at least 4 members (excludes halogenated alkanes) is 5. The summed E-state index contributed by atoms with van der Waals surface area (Å²) in [4.78, 5) is -2.23. The maximum absolute atomic E-state index is 13.8. The van der Waals surface area contributed by atoms with Gasteiger partial charge in [0, 0.05) is 0 Å². The molecule has 0 saturated heterocycles. The highest BCUT2D eigenvalue weighted by Crippen LogP contribution is 2.31. The van der Waals surface area contributed by atoms with Crippen LogP contribution in [0.1, 0.15) is 45.4 Å². The first-order valence-electron chi connectivity index (χ1n) is 7.76. The number of rotatable bonds is 10. The molecule has 0 spiro atoms. The van der Waals surface area contributed by atoms with Gasteiger partial charge in [0.05, 0.1) is 5.75 Å². The molecule has 0 bridgehead atoms. The van der Waals surface area contributed by atoms with E-state index in [4.69, 9.17) is 4.55 Å². The lowest BCUT2D eigenvalue weighted by Crippen LogP contribution is -2.21. The molecule has 0 radical (unpaired) electrons. The molecule has 0 unspecified atom stereocenters. The van der Waals surface area contributed by atoms with Crippen LogP contribution in [-0.2, 0) is 20.1 Å². The third kappa shape index (κ3) is 5.81. The van der Waals surface area contributed by atoms with E-state index in [1.807, 2.05) is 6.92 Å². The van der Waals surface area contributed by atoms with Crippen LogP contribution in [0.25, 0.3) is 0 Å². The number of hydrogen-bond donors (Lipinski definition) is 2. The molecule has 0 amide bonds. The van der Waals surface area contributed by atoms with E-state index in [9.17, 15) is 34.4 Å². The molecule has 0 atom stereocenters. The minimum Gasteiger partial charge on any atom is -0.282 e. The molecule has 1 aromatic carbocycles. The molecule has 0 aliphatic rings. The number of anilines is 1. The van der Waals surface area contributed by atoms with Crippen molar-refractivity contribution in [1.29, 1.82) is 0 Å². The van der Waals surface area contributed by atoms with Crippen molar-refractivity contribution in [2.45, 2.75) is 50.3 Å². The van der Waals surface area contributed by atoms with Crippen LogP contribution in [0.3, 0.4) is 0 Å². The van der Waals surface area contributed by atoms with Gasteiger partial charge < -0.3 is 0 Å². The lowest BCUT2D eigenvalue weighted by atomic mass is 10.1. The van der Waals surface area contributed by atoms with E-state index in [2.05, 4.69) is 0 Å². The van der Waals surface area contributed by atoms with Gasteiger partial charge in [0.1, 0.15) is 5.69 Å². The molecule has 26 heavy (non-hydrogen) atoms. The highest BCUT2D eigenvalue weighted by Gasteiger charge is 2.33. The largest absolute Gasteiger partial charge is 0.300 e. The molecular formula is C14H19F4NO5S2. The summed E-state index contributed by atoms with van der Waals surface area (Å²) in [5.41, 5.74) is -1.68. The Bertz CT molecular complexity index is 828. The van der Waals surface area contributed by atoms with Crippen LogP contribution in [0.15, 0.2) is 4.90 Å². The number of benzene rings is 1. The van der Waals surface area contributed by atoms with Crippen LogP contribution < -0.4 is 4.72 Å². The van der Waals surface area contributed by atoms with Crippen molar-refractivity contribution in [3.05, 3.63) is 23.3 Å². The van der Waals surface area contributed by atoms with Crippen molar-refractivity contribution in [2.24, 2.45) is 0 Å². The third-order valence-corrected chi connectivity index (χ3v) is 5.72. The van der Waals surface area contributed by atoms with Crippen LogP contribution in [0, 0.1) is 23.3 Å². The van der Waals surface area contributed by atoms with Gasteiger partial charge in [-0.25, -0.2) is 26.0 Å². The predicted molar refractivity (Wildman–Crippen MR) is 86.9 cm³/mol. The van der Waals surface area contributed by atoms with Crippen LogP contribution in [0.5, 0.6) is 0 Å². The standard InChI is InChI=1S/C14H19F4NO5S2/c1-2-3-4-5-6-7-8-25(20,21)19-13-9(15)11(17)14(26(22,23)24)12(18)10(13)16/h19H,2-8H2,1H3,(H,22,23,24). The Morgan fingerprint density at radius 2 is 1.27 bits per heavy atom. The second-order valence-corrected chi connectivity index (χ2v) is 8.82. The topological polar surface area (TPSA) is 101 Å². The van der Waals surface area contributed by atoms with Crippen molar-refractivity contribution >= 4 is 25.8 Å². The van der Waals surface area contributed by atoms with E-state index in [1.165, 1.54) is 4.72 Å². The van der Waals surface area contributed by atoms with Gasteiger partial charge in [-0.05, 0) is 6.42 Å². The molecule has 0 aliphatic carbocycles. The van der Waals surface area contributed by atoms with Crippen LogP contribution in [0.4, 0.5) is 23.2 Å². The molecule has 0 heterocycles. The maximum Gasteiger partial charge on any atom is 0.300 e. The first-order valence-corrected chi connectivity index (χ1v) is 10.9. The first kappa shape index (κ1) is 22.6. The van der Waals surface area contributed by atoms with E-state index >= 15 is 0 Å². The van der Waals surface area contributed by atoms with Crippen molar-refractivity contribution in [1.82, 2.24) is 0 Å². The Kier molecular flexibility index (Phi) is 7.84. The molecule has 1 aromatic rings. The second-order valence-electron chi connectivity index (χ2n) is 5.62. The van der Waals surface area contributed by atoms with Crippen molar-refractivity contribution in [3.8, 4) is 0 Å². The molecule has 1 rings (SSSR count). The van der Waals surface area contributed by atoms with Gasteiger partial charge in [0.2, 0.25) is 10.0 Å². The summed E-state index contributed by atoms with van der Waals surface area (Å²) in [6.07, 6.45) is 4.35. The average Bonchev–Trinajstić information content (AvgIpc) is 2.52. The Balaban J connectivity index is 3.00. The summed E-state index contributed by atoms with van der Waals surface area (Å²) < 4.78 is 110. The van der Waals surface area contributed by atoms with Crippen LogP contribution in [0.2, 0.25) is 0 Å². The summed E-state index contributed by atoms with van der Waals surface area (Å²) in [5, 5.41) is 0. The lowest BCUT2D eigenvalue weighted by Gasteiger charge is -2.12. The van der Waals surface area contributed by atoms with Gasteiger partial charge in [-0.2, -0.15) is 8.42 Å². The Labute approximate surface area is 149 Å². The molecule has 0 aromatic heterocycles. The first-order chi connectivity index (χ1) is 11.9. The predicted octanol–water partition coefficient (Wildman–Crippen LogP) is 3.59. The number of halogens is 4. The summed E-state index contributed by atoms with van der Waals surface area (Å²) in [7, 11) is -9.93. The monoisotopic (exact) mass is 421 g/mol. The zero-order chi connectivity index (χ0) is 20.1. The van der Waals surface area contributed by atoms with Gasteiger partial charge in [0.15, 0.2) is 28.2 Å². The van der Waals surface area contributed by atoms with E-state index in [1.54, 1.807) is 0 Å². The Morgan fingerprint density at radius 1 is 0.808 bits per heavy atom. The lowest BCUT2D eigenvalue weighted by molar-refractivity contribution is 0.407.